The van der Waals surface area contributed by atoms with Crippen molar-refractivity contribution in [1.29, 1.82) is 0 Å². The summed E-state index contributed by atoms with van der Waals surface area (Å²) in [6.45, 7) is 13.3. The molecule has 3 fully saturated rings. The molecule has 3 saturated heterocycles. The fourth-order valence-corrected chi connectivity index (χ4v) is 23.0. The van der Waals surface area contributed by atoms with Crippen LogP contribution in [0, 0.1) is 11.8 Å². The number of benzene rings is 1. The van der Waals surface area contributed by atoms with Crippen molar-refractivity contribution in [3.63, 3.8) is 0 Å². The number of fused-ring (bicyclic) bond motifs is 4. The predicted octanol–water partition coefficient (Wildman–Crippen LogP) is 7.22. The summed E-state index contributed by atoms with van der Waals surface area (Å²) in [5, 5.41) is 13.0. The molecular formula is C31H48N2OSn. The van der Waals surface area contributed by atoms with Gasteiger partial charge in [0.25, 0.3) is 0 Å². The van der Waals surface area contributed by atoms with E-state index < -0.39 is 24.5 Å². The molecule has 2 aromatic rings. The normalized spacial score (nSPS) is 25.1. The Kier molecular flexibility index (Phi) is 9.73. The van der Waals surface area contributed by atoms with Gasteiger partial charge in [0.05, 0.1) is 0 Å². The number of hydrogen-bond donors (Lipinski definition) is 1. The van der Waals surface area contributed by atoms with Gasteiger partial charge in [0.2, 0.25) is 0 Å². The van der Waals surface area contributed by atoms with Gasteiger partial charge in [-0.15, -0.1) is 0 Å². The van der Waals surface area contributed by atoms with E-state index in [4.69, 9.17) is 4.98 Å². The Morgan fingerprint density at radius 1 is 1.09 bits per heavy atom. The van der Waals surface area contributed by atoms with Crippen LogP contribution in [0.2, 0.25) is 13.3 Å². The Morgan fingerprint density at radius 2 is 1.77 bits per heavy atom. The molecule has 2 bridgehead atoms. The number of aliphatic hydroxyl groups excluding tert-OH is 1. The van der Waals surface area contributed by atoms with Gasteiger partial charge in [-0.1, -0.05) is 0 Å². The maximum atomic E-state index is 11.8. The minimum atomic E-state index is -2.55. The van der Waals surface area contributed by atoms with Gasteiger partial charge in [-0.2, -0.15) is 0 Å². The molecule has 1 N–H and O–H groups in total. The van der Waals surface area contributed by atoms with E-state index in [2.05, 4.69) is 62.6 Å². The Balaban J connectivity index is 1.71. The average molecular weight is 583 g/mol. The second kappa shape index (κ2) is 12.6. The Bertz CT molecular complexity index is 954. The van der Waals surface area contributed by atoms with E-state index in [0.717, 1.165) is 30.6 Å². The molecule has 0 saturated carbocycles. The van der Waals surface area contributed by atoms with Crippen molar-refractivity contribution in [3.05, 3.63) is 48.7 Å². The van der Waals surface area contributed by atoms with Crippen LogP contribution in [0.1, 0.15) is 83.8 Å². The first-order chi connectivity index (χ1) is 17.1. The van der Waals surface area contributed by atoms with Crippen LogP contribution in [0.25, 0.3) is 10.9 Å². The number of aliphatic hydroxyl groups is 1. The topological polar surface area (TPSA) is 36.4 Å². The first kappa shape index (κ1) is 27.1. The van der Waals surface area contributed by atoms with E-state index in [-0.39, 0.29) is 6.04 Å². The molecule has 3 aliphatic heterocycles. The van der Waals surface area contributed by atoms with Crippen LogP contribution in [-0.4, -0.2) is 52.5 Å². The first-order valence-electron chi connectivity index (χ1n) is 14.5. The molecule has 5 atom stereocenters. The van der Waals surface area contributed by atoms with Crippen LogP contribution >= 0.6 is 0 Å². The third-order valence-electron chi connectivity index (χ3n) is 9.25. The molecule has 0 aliphatic carbocycles. The van der Waals surface area contributed by atoms with Gasteiger partial charge in [-0.05, 0) is 0 Å². The van der Waals surface area contributed by atoms with Crippen molar-refractivity contribution >= 4 is 32.9 Å². The molecule has 4 heterocycles. The molecule has 35 heavy (non-hydrogen) atoms. The van der Waals surface area contributed by atoms with Gasteiger partial charge in [0.15, 0.2) is 0 Å². The monoisotopic (exact) mass is 584 g/mol. The Morgan fingerprint density at radius 3 is 2.34 bits per heavy atom. The van der Waals surface area contributed by atoms with E-state index in [9.17, 15) is 5.11 Å². The number of piperidine rings is 3. The molecule has 0 radical (unpaired) electrons. The van der Waals surface area contributed by atoms with Crippen LogP contribution in [0.4, 0.5) is 0 Å². The van der Waals surface area contributed by atoms with Gasteiger partial charge in [0.1, 0.15) is 0 Å². The Labute approximate surface area is 218 Å². The summed E-state index contributed by atoms with van der Waals surface area (Å²) in [5.41, 5.74) is 2.15. The number of unbranched alkanes of at least 4 members (excludes halogenated alkanes) is 3. The summed E-state index contributed by atoms with van der Waals surface area (Å²) in [6, 6.07) is 9.56. The zero-order valence-electron chi connectivity index (χ0n) is 22.5. The molecule has 0 amide bonds. The van der Waals surface area contributed by atoms with E-state index in [0.29, 0.717) is 11.8 Å². The maximum absolute atomic E-state index is 11.8. The summed E-state index contributed by atoms with van der Waals surface area (Å²) in [7, 11) is 0. The molecule has 5 rings (SSSR count). The molecular weight excluding hydrogens is 535 g/mol. The Hall–Kier alpha value is -0.911. The van der Waals surface area contributed by atoms with Gasteiger partial charge in [0, 0.05) is 0 Å². The summed E-state index contributed by atoms with van der Waals surface area (Å²) in [6.07, 6.45) is 13.9. The second-order valence-electron chi connectivity index (χ2n) is 11.4. The van der Waals surface area contributed by atoms with Crippen molar-refractivity contribution in [3.8, 4) is 0 Å². The van der Waals surface area contributed by atoms with E-state index in [1.807, 2.05) is 6.20 Å². The summed E-state index contributed by atoms with van der Waals surface area (Å²) >= 11 is -2.55. The van der Waals surface area contributed by atoms with Crippen LogP contribution < -0.4 is 3.58 Å². The number of aromatic nitrogens is 1. The molecule has 0 spiro atoms. The molecule has 1 aromatic heterocycles. The third kappa shape index (κ3) is 5.83. The van der Waals surface area contributed by atoms with Crippen LogP contribution in [0.15, 0.2) is 43.1 Å². The quantitative estimate of drug-likeness (QED) is 0.200. The van der Waals surface area contributed by atoms with Crippen LogP contribution in [0.5, 0.6) is 0 Å². The van der Waals surface area contributed by atoms with Crippen molar-refractivity contribution in [2.24, 2.45) is 11.8 Å². The standard InChI is InChI=1S/C19H21N2O.3C4H9.Sn/c1-2-13-12-21-10-8-14(13)11-18(21)19(22)16-7-9-20-17-6-4-3-5-15(16)17;3*1-3-4-2;/h2,4-7,9,13-14,18-19,22H,1,8,10-12H2;3*1,3-4H2,2H3;/t13?,14?,18?,19-;;;;/m1..../s1. The van der Waals surface area contributed by atoms with E-state index >= 15 is 0 Å². The predicted molar refractivity (Wildman–Crippen MR) is 153 cm³/mol. The van der Waals surface area contributed by atoms with Gasteiger partial charge >= 0.3 is 219 Å². The molecule has 4 heteroatoms. The van der Waals surface area contributed by atoms with Crippen LogP contribution in [-0.2, 0) is 0 Å². The first-order valence-corrected chi connectivity index (χ1v) is 22.0. The molecule has 1 aromatic carbocycles. The molecule has 4 unspecified atom stereocenters. The number of nitrogens with zero attached hydrogens (tertiary/aromatic N) is 2. The fourth-order valence-electron chi connectivity index (χ4n) is 7.02. The van der Waals surface area contributed by atoms with Gasteiger partial charge in [-0.3, -0.25) is 0 Å². The van der Waals surface area contributed by atoms with E-state index in [1.54, 1.807) is 3.58 Å². The number of hydrogen-bond acceptors (Lipinski definition) is 3. The van der Waals surface area contributed by atoms with Gasteiger partial charge < -0.3 is 0 Å². The summed E-state index contributed by atoms with van der Waals surface area (Å²) in [4.78, 5) is 7.27. The SMILES string of the molecule is C=CC1CN2CCC1CC2[C@H](O)c1ccnc2cc[c]([Sn]([CH2]CCC)([CH2]CCC)[CH2]CCC)cc12. The van der Waals surface area contributed by atoms with E-state index in [1.165, 1.54) is 63.6 Å². The zero-order chi connectivity index (χ0) is 24.8. The van der Waals surface area contributed by atoms with Gasteiger partial charge in [-0.25, -0.2) is 0 Å². The van der Waals surface area contributed by atoms with Crippen LogP contribution in [0.3, 0.4) is 0 Å². The minimum absolute atomic E-state index is 0.216. The average Bonchev–Trinajstić information content (AvgIpc) is 2.92. The summed E-state index contributed by atoms with van der Waals surface area (Å²) < 4.78 is 6.09. The second-order valence-corrected chi connectivity index (χ2v) is 24.7. The fraction of sp³-hybridized carbons (Fsp3) is 0.645. The molecule has 192 valence electrons. The van der Waals surface area contributed by atoms with Crippen molar-refractivity contribution in [2.45, 2.75) is 97.6 Å². The van der Waals surface area contributed by atoms with Crippen molar-refractivity contribution < 1.29 is 5.11 Å². The van der Waals surface area contributed by atoms with Crippen molar-refractivity contribution in [2.75, 3.05) is 13.1 Å². The molecule has 3 aliphatic rings. The molecule has 3 nitrogen and oxygen atoms in total. The number of pyridine rings is 1. The third-order valence-corrected chi connectivity index (χ3v) is 24.9. The zero-order valence-corrected chi connectivity index (χ0v) is 25.4. The van der Waals surface area contributed by atoms with Crippen molar-refractivity contribution in [1.82, 2.24) is 9.88 Å². The summed E-state index contributed by atoms with van der Waals surface area (Å²) in [5.74, 6) is 1.25. The number of rotatable bonds is 13.